The third kappa shape index (κ3) is 1.64. The van der Waals surface area contributed by atoms with Crippen molar-refractivity contribution in [3.05, 3.63) is 54.1 Å². The molecule has 0 aliphatic carbocycles. The second kappa shape index (κ2) is 3.58. The van der Waals surface area contributed by atoms with E-state index in [2.05, 4.69) is 4.98 Å². The Balaban J connectivity index is 2.50. The van der Waals surface area contributed by atoms with E-state index in [1.165, 1.54) is 6.20 Å². The van der Waals surface area contributed by atoms with Crippen LogP contribution in [0, 0.1) is 12.9 Å². The SMILES string of the molecule is Cc1ccc(-c2cccnc2F)cc1. The van der Waals surface area contributed by atoms with Gasteiger partial charge in [0.2, 0.25) is 5.95 Å². The monoisotopic (exact) mass is 187 g/mol. The van der Waals surface area contributed by atoms with E-state index in [0.717, 1.165) is 11.1 Å². The largest absolute Gasteiger partial charge is 0.228 e. The van der Waals surface area contributed by atoms with Crippen LogP contribution in [-0.4, -0.2) is 4.98 Å². The van der Waals surface area contributed by atoms with Crippen molar-refractivity contribution < 1.29 is 4.39 Å². The Morgan fingerprint density at radius 3 is 2.43 bits per heavy atom. The lowest BCUT2D eigenvalue weighted by Gasteiger charge is -2.02. The van der Waals surface area contributed by atoms with Crippen molar-refractivity contribution in [2.24, 2.45) is 0 Å². The van der Waals surface area contributed by atoms with Gasteiger partial charge in [0.05, 0.1) is 0 Å². The molecule has 2 heteroatoms. The van der Waals surface area contributed by atoms with Crippen LogP contribution in [0.2, 0.25) is 0 Å². The van der Waals surface area contributed by atoms with Crippen molar-refractivity contribution >= 4 is 0 Å². The highest BCUT2D eigenvalue weighted by Crippen LogP contribution is 2.20. The third-order valence-corrected chi connectivity index (χ3v) is 2.12. The summed E-state index contributed by atoms with van der Waals surface area (Å²) in [6.07, 6.45) is 1.45. The van der Waals surface area contributed by atoms with Crippen LogP contribution in [0.5, 0.6) is 0 Å². The Morgan fingerprint density at radius 2 is 1.79 bits per heavy atom. The summed E-state index contributed by atoms with van der Waals surface area (Å²) in [5.41, 5.74) is 2.58. The summed E-state index contributed by atoms with van der Waals surface area (Å²) in [5, 5.41) is 0. The lowest BCUT2D eigenvalue weighted by Crippen LogP contribution is -1.87. The fourth-order valence-corrected chi connectivity index (χ4v) is 1.33. The van der Waals surface area contributed by atoms with Crippen LogP contribution in [-0.2, 0) is 0 Å². The molecule has 0 saturated carbocycles. The van der Waals surface area contributed by atoms with Crippen LogP contribution in [0.3, 0.4) is 0 Å². The predicted octanol–water partition coefficient (Wildman–Crippen LogP) is 3.20. The molecule has 0 atom stereocenters. The number of nitrogens with zero attached hydrogens (tertiary/aromatic N) is 1. The molecule has 0 amide bonds. The number of hydrogen-bond donors (Lipinski definition) is 0. The summed E-state index contributed by atoms with van der Waals surface area (Å²) < 4.78 is 13.3. The van der Waals surface area contributed by atoms with E-state index in [1.807, 2.05) is 31.2 Å². The molecule has 0 N–H and O–H groups in total. The van der Waals surface area contributed by atoms with E-state index >= 15 is 0 Å². The van der Waals surface area contributed by atoms with Crippen molar-refractivity contribution in [1.82, 2.24) is 4.98 Å². The van der Waals surface area contributed by atoms with E-state index in [4.69, 9.17) is 0 Å². The van der Waals surface area contributed by atoms with Gasteiger partial charge in [0.15, 0.2) is 0 Å². The average Bonchev–Trinajstić information content (AvgIpc) is 2.20. The second-order valence-corrected chi connectivity index (χ2v) is 3.21. The van der Waals surface area contributed by atoms with Gasteiger partial charge in [-0.05, 0) is 24.6 Å². The van der Waals surface area contributed by atoms with E-state index in [9.17, 15) is 4.39 Å². The Morgan fingerprint density at radius 1 is 1.07 bits per heavy atom. The van der Waals surface area contributed by atoms with E-state index in [0.29, 0.717) is 5.56 Å². The molecule has 0 bridgehead atoms. The molecule has 0 unspecified atom stereocenters. The number of aromatic nitrogens is 1. The lowest BCUT2D eigenvalue weighted by atomic mass is 10.1. The number of hydrogen-bond acceptors (Lipinski definition) is 1. The molecule has 14 heavy (non-hydrogen) atoms. The summed E-state index contributed by atoms with van der Waals surface area (Å²) in [4.78, 5) is 3.61. The molecule has 1 aromatic heterocycles. The van der Waals surface area contributed by atoms with E-state index in [-0.39, 0.29) is 0 Å². The van der Waals surface area contributed by atoms with Gasteiger partial charge in [0, 0.05) is 11.8 Å². The fourth-order valence-electron chi connectivity index (χ4n) is 1.33. The first kappa shape index (κ1) is 8.88. The standard InChI is InChI=1S/C12H10FN/c1-9-4-6-10(7-5-9)11-3-2-8-14-12(11)13/h2-8H,1H3. The molecule has 1 nitrogen and oxygen atoms in total. The highest BCUT2D eigenvalue weighted by molar-refractivity contribution is 5.63. The maximum absolute atomic E-state index is 13.3. The zero-order valence-electron chi connectivity index (χ0n) is 7.87. The minimum Gasteiger partial charge on any atom is -0.228 e. The highest BCUT2D eigenvalue weighted by atomic mass is 19.1. The van der Waals surface area contributed by atoms with Gasteiger partial charge in [0.25, 0.3) is 0 Å². The number of aryl methyl sites for hydroxylation is 1. The summed E-state index contributed by atoms with van der Waals surface area (Å²) >= 11 is 0. The molecule has 0 spiro atoms. The van der Waals surface area contributed by atoms with Crippen molar-refractivity contribution in [3.8, 4) is 11.1 Å². The Kier molecular flexibility index (Phi) is 2.27. The highest BCUT2D eigenvalue weighted by Gasteiger charge is 2.03. The van der Waals surface area contributed by atoms with Gasteiger partial charge in [-0.2, -0.15) is 4.39 Å². The van der Waals surface area contributed by atoms with Crippen LogP contribution in [0.4, 0.5) is 4.39 Å². The molecular weight excluding hydrogens is 177 g/mol. The van der Waals surface area contributed by atoms with Crippen LogP contribution >= 0.6 is 0 Å². The summed E-state index contributed by atoms with van der Waals surface area (Å²) in [5.74, 6) is -0.420. The number of rotatable bonds is 1. The average molecular weight is 187 g/mol. The fraction of sp³-hybridized carbons (Fsp3) is 0.0833. The van der Waals surface area contributed by atoms with Crippen LogP contribution in [0.1, 0.15) is 5.56 Å². The lowest BCUT2D eigenvalue weighted by molar-refractivity contribution is 0.587. The zero-order valence-corrected chi connectivity index (χ0v) is 7.87. The van der Waals surface area contributed by atoms with Crippen LogP contribution < -0.4 is 0 Å². The van der Waals surface area contributed by atoms with Crippen LogP contribution in [0.25, 0.3) is 11.1 Å². The third-order valence-electron chi connectivity index (χ3n) is 2.12. The van der Waals surface area contributed by atoms with Gasteiger partial charge < -0.3 is 0 Å². The summed E-state index contributed by atoms with van der Waals surface area (Å²) in [6.45, 7) is 2.00. The molecule has 0 radical (unpaired) electrons. The van der Waals surface area contributed by atoms with Gasteiger partial charge in [-0.15, -0.1) is 0 Å². The van der Waals surface area contributed by atoms with Crippen molar-refractivity contribution in [3.63, 3.8) is 0 Å². The summed E-state index contributed by atoms with van der Waals surface area (Å²) in [6, 6.07) is 11.2. The first-order chi connectivity index (χ1) is 6.77. The number of halogens is 1. The maximum Gasteiger partial charge on any atom is 0.220 e. The first-order valence-corrected chi connectivity index (χ1v) is 4.45. The van der Waals surface area contributed by atoms with Gasteiger partial charge in [-0.1, -0.05) is 29.8 Å². The Labute approximate surface area is 82.2 Å². The molecule has 1 aromatic carbocycles. The smallest absolute Gasteiger partial charge is 0.220 e. The molecule has 2 rings (SSSR count). The molecule has 2 aromatic rings. The van der Waals surface area contributed by atoms with Crippen LogP contribution in [0.15, 0.2) is 42.6 Å². The van der Waals surface area contributed by atoms with Crippen molar-refractivity contribution in [1.29, 1.82) is 0 Å². The molecule has 70 valence electrons. The normalized spacial score (nSPS) is 10.1. The van der Waals surface area contributed by atoms with Gasteiger partial charge in [0.1, 0.15) is 0 Å². The topological polar surface area (TPSA) is 12.9 Å². The molecule has 0 aliphatic rings. The Bertz CT molecular complexity index is 434. The first-order valence-electron chi connectivity index (χ1n) is 4.45. The van der Waals surface area contributed by atoms with Gasteiger partial charge in [-0.25, -0.2) is 4.98 Å². The quantitative estimate of drug-likeness (QED) is 0.625. The van der Waals surface area contributed by atoms with Crippen molar-refractivity contribution in [2.45, 2.75) is 6.92 Å². The predicted molar refractivity (Wildman–Crippen MR) is 54.4 cm³/mol. The Hall–Kier alpha value is -1.70. The minimum atomic E-state index is -0.420. The molecule has 0 fully saturated rings. The molecular formula is C12H10FN. The number of pyridine rings is 1. The minimum absolute atomic E-state index is 0.420. The number of benzene rings is 1. The maximum atomic E-state index is 13.3. The molecule has 1 heterocycles. The van der Waals surface area contributed by atoms with Crippen molar-refractivity contribution in [2.75, 3.05) is 0 Å². The van der Waals surface area contributed by atoms with E-state index < -0.39 is 5.95 Å². The second-order valence-electron chi connectivity index (χ2n) is 3.21. The van der Waals surface area contributed by atoms with Gasteiger partial charge >= 0.3 is 0 Å². The zero-order chi connectivity index (χ0) is 9.97. The summed E-state index contributed by atoms with van der Waals surface area (Å²) in [7, 11) is 0. The van der Waals surface area contributed by atoms with E-state index in [1.54, 1.807) is 12.1 Å². The molecule has 0 saturated heterocycles. The van der Waals surface area contributed by atoms with Gasteiger partial charge in [-0.3, -0.25) is 0 Å². The molecule has 0 aliphatic heterocycles.